The highest BCUT2D eigenvalue weighted by molar-refractivity contribution is 5.75. The first kappa shape index (κ1) is 24.3. The third-order valence-corrected chi connectivity index (χ3v) is 7.34. The molecule has 2 aromatic rings. The quantitative estimate of drug-likeness (QED) is 0.676. The third kappa shape index (κ3) is 4.11. The van der Waals surface area contributed by atoms with Crippen LogP contribution in [0.2, 0.25) is 0 Å². The predicted octanol–water partition coefficient (Wildman–Crippen LogP) is 3.12. The minimum absolute atomic E-state index is 0.00357. The molecule has 2 fully saturated rings. The van der Waals surface area contributed by atoms with E-state index in [1.165, 1.54) is 0 Å². The number of nitriles is 1. The summed E-state index contributed by atoms with van der Waals surface area (Å²) in [4.78, 5) is 32.9. The minimum Gasteiger partial charge on any atom is -0.444 e. The first-order chi connectivity index (χ1) is 17.0. The van der Waals surface area contributed by atoms with Crippen molar-refractivity contribution in [3.8, 4) is 6.07 Å². The van der Waals surface area contributed by atoms with Crippen LogP contribution in [0, 0.1) is 11.3 Å². The zero-order valence-corrected chi connectivity index (χ0v) is 21.5. The molecule has 2 aromatic heterocycles. The number of aliphatic hydroxyl groups is 1. The molecule has 4 heterocycles. The second kappa shape index (κ2) is 8.59. The minimum atomic E-state index is -0.553. The van der Waals surface area contributed by atoms with Gasteiger partial charge in [0.2, 0.25) is 0 Å². The molecular weight excluding hydrogens is 458 g/mol. The van der Waals surface area contributed by atoms with Gasteiger partial charge in [-0.3, -0.25) is 0 Å². The molecule has 1 N–H and O–H groups in total. The Bertz CT molecular complexity index is 1210. The molecule has 0 aromatic carbocycles. The molecule has 0 bridgehead atoms. The standard InChI is InChI=1S/C26H33N7O3/c1-16-13-32(24(35)36-25(3,4)5)17(2)12-31(16)22-21-23(30-15-29-22)33(14-26(21)9-19(34)10-26)20-8-18(11-27)6-7-28-20/h6-8,15-17,19,34H,9-10,12-14H2,1-5H3/t16-,17+,19?,26?/m0/s1. The van der Waals surface area contributed by atoms with Crippen molar-refractivity contribution in [2.24, 2.45) is 0 Å². The monoisotopic (exact) mass is 491 g/mol. The topological polar surface area (TPSA) is 119 Å². The van der Waals surface area contributed by atoms with Gasteiger partial charge >= 0.3 is 6.09 Å². The van der Waals surface area contributed by atoms with Crippen molar-refractivity contribution in [2.45, 2.75) is 76.7 Å². The lowest BCUT2D eigenvalue weighted by atomic mass is 9.64. The highest BCUT2D eigenvalue weighted by Crippen LogP contribution is 2.56. The van der Waals surface area contributed by atoms with Crippen LogP contribution in [-0.4, -0.2) is 74.5 Å². The molecule has 1 saturated heterocycles. The van der Waals surface area contributed by atoms with Crippen LogP contribution in [0.5, 0.6) is 0 Å². The summed E-state index contributed by atoms with van der Waals surface area (Å²) in [6, 6.07) is 5.56. The van der Waals surface area contributed by atoms with Crippen LogP contribution in [0.4, 0.5) is 22.2 Å². The van der Waals surface area contributed by atoms with Crippen LogP contribution >= 0.6 is 0 Å². The smallest absolute Gasteiger partial charge is 0.410 e. The number of hydrogen-bond donors (Lipinski definition) is 1. The van der Waals surface area contributed by atoms with Gasteiger partial charge in [-0.2, -0.15) is 5.26 Å². The number of fused-ring (bicyclic) bond motifs is 2. The van der Waals surface area contributed by atoms with Crippen molar-refractivity contribution in [2.75, 3.05) is 29.4 Å². The van der Waals surface area contributed by atoms with Gasteiger partial charge in [0, 0.05) is 48.9 Å². The predicted molar refractivity (Wildman–Crippen MR) is 134 cm³/mol. The van der Waals surface area contributed by atoms with Crippen LogP contribution in [0.25, 0.3) is 0 Å². The number of nitrogens with zero attached hydrogens (tertiary/aromatic N) is 7. The largest absolute Gasteiger partial charge is 0.444 e. The number of carbonyl (C=O) groups is 1. The normalized spacial score (nSPS) is 27.5. The number of aromatic nitrogens is 3. The number of aliphatic hydroxyl groups excluding tert-OH is 1. The number of rotatable bonds is 2. The van der Waals surface area contributed by atoms with Crippen molar-refractivity contribution in [3.05, 3.63) is 35.8 Å². The van der Waals surface area contributed by atoms with Crippen molar-refractivity contribution in [1.82, 2.24) is 19.9 Å². The SMILES string of the molecule is C[C@@H]1CN(c2ncnc3c2C2(CC(O)C2)CN3c2cc(C#N)ccn2)[C@@H](C)CN1C(=O)OC(C)(C)C. The summed E-state index contributed by atoms with van der Waals surface area (Å²) in [6.45, 7) is 11.5. The average Bonchev–Trinajstić information content (AvgIpc) is 3.15. The maximum absolute atomic E-state index is 12.8. The molecule has 10 heteroatoms. The van der Waals surface area contributed by atoms with Gasteiger partial charge in [-0.05, 0) is 59.6 Å². The van der Waals surface area contributed by atoms with Gasteiger partial charge in [0.05, 0.1) is 17.7 Å². The van der Waals surface area contributed by atoms with E-state index in [9.17, 15) is 15.2 Å². The number of carbonyl (C=O) groups excluding carboxylic acids is 1. The van der Waals surface area contributed by atoms with E-state index < -0.39 is 5.60 Å². The molecule has 0 radical (unpaired) electrons. The van der Waals surface area contributed by atoms with Crippen LogP contribution in [-0.2, 0) is 10.2 Å². The van der Waals surface area contributed by atoms with Crippen LogP contribution < -0.4 is 9.80 Å². The Morgan fingerprint density at radius 1 is 1.17 bits per heavy atom. The van der Waals surface area contributed by atoms with Crippen molar-refractivity contribution < 1.29 is 14.6 Å². The molecule has 0 unspecified atom stereocenters. The summed E-state index contributed by atoms with van der Waals surface area (Å²) in [5, 5.41) is 19.7. The lowest BCUT2D eigenvalue weighted by molar-refractivity contribution is 0.0125. The van der Waals surface area contributed by atoms with E-state index in [1.807, 2.05) is 32.6 Å². The first-order valence-corrected chi connectivity index (χ1v) is 12.4. The Morgan fingerprint density at radius 2 is 1.89 bits per heavy atom. The molecule has 1 saturated carbocycles. The van der Waals surface area contributed by atoms with E-state index in [-0.39, 0.29) is 29.7 Å². The third-order valence-electron chi connectivity index (χ3n) is 7.34. The maximum atomic E-state index is 12.8. The lowest BCUT2D eigenvalue weighted by Crippen LogP contribution is -2.59. The molecule has 1 aliphatic carbocycles. The van der Waals surface area contributed by atoms with Gasteiger partial charge in [0.1, 0.15) is 29.4 Å². The van der Waals surface area contributed by atoms with Gasteiger partial charge in [0.25, 0.3) is 0 Å². The Morgan fingerprint density at radius 3 is 2.56 bits per heavy atom. The molecule has 1 spiro atoms. The lowest BCUT2D eigenvalue weighted by Gasteiger charge is -2.47. The summed E-state index contributed by atoms with van der Waals surface area (Å²) in [7, 11) is 0. The Labute approximate surface area is 211 Å². The number of ether oxygens (including phenoxy) is 1. The fraction of sp³-hybridized carbons (Fsp3) is 0.577. The van der Waals surface area contributed by atoms with Gasteiger partial charge in [-0.15, -0.1) is 0 Å². The van der Waals surface area contributed by atoms with E-state index in [2.05, 4.69) is 27.9 Å². The van der Waals surface area contributed by atoms with Gasteiger partial charge in [0.15, 0.2) is 0 Å². The summed E-state index contributed by atoms with van der Waals surface area (Å²) in [5.41, 5.74) is 0.707. The van der Waals surface area contributed by atoms with Crippen LogP contribution in [0.15, 0.2) is 24.7 Å². The van der Waals surface area contributed by atoms with Gasteiger partial charge < -0.3 is 24.5 Å². The van der Waals surface area contributed by atoms with Crippen LogP contribution in [0.3, 0.4) is 0 Å². The van der Waals surface area contributed by atoms with Gasteiger partial charge in [-0.1, -0.05) is 0 Å². The number of piperazine rings is 1. The average molecular weight is 492 g/mol. The highest BCUT2D eigenvalue weighted by Gasteiger charge is 2.55. The molecule has 1 amide bonds. The second-order valence-electron chi connectivity index (χ2n) is 11.3. The molecule has 190 valence electrons. The van der Waals surface area contributed by atoms with Crippen molar-refractivity contribution in [1.29, 1.82) is 5.26 Å². The molecule has 3 aliphatic rings. The summed E-state index contributed by atoms with van der Waals surface area (Å²) >= 11 is 0. The van der Waals surface area contributed by atoms with Crippen molar-refractivity contribution >= 4 is 23.5 Å². The van der Waals surface area contributed by atoms with E-state index in [0.29, 0.717) is 43.9 Å². The number of amides is 1. The zero-order valence-electron chi connectivity index (χ0n) is 21.5. The number of pyridine rings is 1. The highest BCUT2D eigenvalue weighted by atomic mass is 16.6. The van der Waals surface area contributed by atoms with Crippen molar-refractivity contribution in [3.63, 3.8) is 0 Å². The number of hydrogen-bond acceptors (Lipinski definition) is 9. The fourth-order valence-electron chi connectivity index (χ4n) is 5.72. The first-order valence-electron chi connectivity index (χ1n) is 12.4. The molecule has 2 aliphatic heterocycles. The zero-order chi connectivity index (χ0) is 25.8. The molecule has 36 heavy (non-hydrogen) atoms. The molecule has 2 atom stereocenters. The Kier molecular flexibility index (Phi) is 5.79. The van der Waals surface area contributed by atoms with Crippen LogP contribution in [0.1, 0.15) is 58.6 Å². The van der Waals surface area contributed by atoms with E-state index in [0.717, 1.165) is 17.2 Å². The Hall–Kier alpha value is -3.45. The van der Waals surface area contributed by atoms with Gasteiger partial charge in [-0.25, -0.2) is 19.7 Å². The molecular formula is C26H33N7O3. The summed E-state index contributed by atoms with van der Waals surface area (Å²) in [5.74, 6) is 2.27. The molecule has 5 rings (SSSR count). The van der Waals surface area contributed by atoms with E-state index in [4.69, 9.17) is 9.72 Å². The Balaban J connectivity index is 1.50. The maximum Gasteiger partial charge on any atom is 0.410 e. The van der Waals surface area contributed by atoms with E-state index in [1.54, 1.807) is 29.6 Å². The second-order valence-corrected chi connectivity index (χ2v) is 11.3. The summed E-state index contributed by atoms with van der Waals surface area (Å²) < 4.78 is 5.64. The summed E-state index contributed by atoms with van der Waals surface area (Å²) in [6.07, 6.45) is 3.77. The molecule has 10 nitrogen and oxygen atoms in total. The number of anilines is 3. The van der Waals surface area contributed by atoms with E-state index >= 15 is 0 Å². The fourth-order valence-corrected chi connectivity index (χ4v) is 5.72.